The largest absolute Gasteiger partial charge is 0.458 e. The first-order valence-electron chi connectivity index (χ1n) is 11.4. The topological polar surface area (TPSA) is 62.3 Å². The number of esters is 1. The summed E-state index contributed by atoms with van der Waals surface area (Å²) in [7, 11) is 0. The number of hydrogen-bond acceptors (Lipinski definition) is 3. The molecule has 2 atom stereocenters. The van der Waals surface area contributed by atoms with E-state index in [1.165, 1.54) is 0 Å². The third-order valence-electron chi connectivity index (χ3n) is 6.49. The van der Waals surface area contributed by atoms with E-state index in [-0.39, 0.29) is 24.6 Å². The second kappa shape index (κ2) is 11.0. The summed E-state index contributed by atoms with van der Waals surface area (Å²) in [6, 6.07) is 0. The molecule has 0 amide bonds. The zero-order chi connectivity index (χ0) is 20.7. The van der Waals surface area contributed by atoms with Crippen molar-refractivity contribution < 1.29 is 14.6 Å². The molecule has 0 aliphatic heterocycles. The second-order valence-electron chi connectivity index (χ2n) is 9.09. The van der Waals surface area contributed by atoms with Crippen molar-refractivity contribution in [2.75, 3.05) is 6.61 Å². The number of ether oxygens (including phenoxy) is 1. The molecule has 4 heteroatoms. The van der Waals surface area contributed by atoms with Crippen molar-refractivity contribution in [3.05, 3.63) is 23.0 Å². The molecule has 0 spiro atoms. The van der Waals surface area contributed by atoms with Crippen molar-refractivity contribution in [1.29, 1.82) is 0 Å². The highest BCUT2D eigenvalue weighted by atomic mass is 16.5. The SMILES string of the molecule is CCCCC1CC(CO)CC(CCCC)C1OC(=O)c1c(C(C)C)c[nH]c1C. The van der Waals surface area contributed by atoms with Crippen molar-refractivity contribution in [1.82, 2.24) is 4.98 Å². The molecule has 2 rings (SSSR count). The maximum absolute atomic E-state index is 13.2. The normalized spacial score (nSPS) is 25.2. The molecule has 2 unspecified atom stereocenters. The average molecular weight is 392 g/mol. The molecule has 1 aromatic rings. The van der Waals surface area contributed by atoms with Gasteiger partial charge < -0.3 is 14.8 Å². The van der Waals surface area contributed by atoms with Crippen LogP contribution in [0.25, 0.3) is 0 Å². The highest BCUT2D eigenvalue weighted by molar-refractivity contribution is 5.92. The summed E-state index contributed by atoms with van der Waals surface area (Å²) in [5.74, 6) is 1.18. The molecule has 4 nitrogen and oxygen atoms in total. The third kappa shape index (κ3) is 5.62. The fourth-order valence-electron chi connectivity index (χ4n) is 4.90. The first-order valence-corrected chi connectivity index (χ1v) is 11.4. The lowest BCUT2D eigenvalue weighted by Gasteiger charge is -2.41. The van der Waals surface area contributed by atoms with Crippen molar-refractivity contribution >= 4 is 5.97 Å². The quantitative estimate of drug-likeness (QED) is 0.482. The predicted octanol–water partition coefficient (Wildman–Crippen LogP) is 5.99. The van der Waals surface area contributed by atoms with E-state index in [4.69, 9.17) is 4.74 Å². The van der Waals surface area contributed by atoms with Crippen LogP contribution in [0.5, 0.6) is 0 Å². The number of aliphatic hydroxyl groups is 1. The van der Waals surface area contributed by atoms with Gasteiger partial charge in [-0.15, -0.1) is 0 Å². The molecule has 0 saturated heterocycles. The number of H-pyrrole nitrogens is 1. The van der Waals surface area contributed by atoms with Gasteiger partial charge >= 0.3 is 5.97 Å². The Balaban J connectivity index is 2.25. The maximum Gasteiger partial charge on any atom is 0.340 e. The molecule has 0 bridgehead atoms. The maximum atomic E-state index is 13.2. The Bertz CT molecular complexity index is 589. The van der Waals surface area contributed by atoms with Crippen LogP contribution in [0.15, 0.2) is 6.20 Å². The van der Waals surface area contributed by atoms with E-state index in [1.807, 2.05) is 13.1 Å². The highest BCUT2D eigenvalue weighted by Gasteiger charge is 2.40. The van der Waals surface area contributed by atoms with Crippen LogP contribution >= 0.6 is 0 Å². The summed E-state index contributed by atoms with van der Waals surface area (Å²) in [6.07, 6.45) is 10.6. The Morgan fingerprint density at radius 2 is 1.75 bits per heavy atom. The molecular weight excluding hydrogens is 350 g/mol. The molecule has 1 aliphatic rings. The van der Waals surface area contributed by atoms with Gasteiger partial charge in [0.2, 0.25) is 0 Å². The Labute approximate surface area is 171 Å². The molecule has 2 N–H and O–H groups in total. The van der Waals surface area contributed by atoms with Gasteiger partial charge in [-0.05, 0) is 61.8 Å². The first-order chi connectivity index (χ1) is 13.4. The Morgan fingerprint density at radius 3 is 2.21 bits per heavy atom. The van der Waals surface area contributed by atoms with Crippen LogP contribution in [-0.2, 0) is 4.74 Å². The summed E-state index contributed by atoms with van der Waals surface area (Å²) in [5, 5.41) is 9.82. The lowest BCUT2D eigenvalue weighted by molar-refractivity contribution is -0.0473. The third-order valence-corrected chi connectivity index (χ3v) is 6.49. The number of rotatable bonds is 10. The first kappa shape index (κ1) is 23.0. The highest BCUT2D eigenvalue weighted by Crippen LogP contribution is 2.41. The van der Waals surface area contributed by atoms with Gasteiger partial charge in [0.25, 0.3) is 0 Å². The molecule has 1 heterocycles. The van der Waals surface area contributed by atoms with E-state index >= 15 is 0 Å². The summed E-state index contributed by atoms with van der Waals surface area (Å²) in [6.45, 7) is 10.8. The fourth-order valence-corrected chi connectivity index (χ4v) is 4.90. The Morgan fingerprint density at radius 1 is 1.18 bits per heavy atom. The standard InChI is InChI=1S/C24H41NO3/c1-6-8-10-19-12-18(15-26)13-20(11-9-7-2)23(19)28-24(27)22-17(5)25-14-21(22)16(3)4/h14,16,18-20,23,25-26H,6-13,15H2,1-5H3. The summed E-state index contributed by atoms with van der Waals surface area (Å²) in [4.78, 5) is 16.4. The van der Waals surface area contributed by atoms with Crippen LogP contribution in [0.1, 0.15) is 107 Å². The van der Waals surface area contributed by atoms with Gasteiger partial charge in [0.15, 0.2) is 0 Å². The van der Waals surface area contributed by atoms with Crippen molar-refractivity contribution in [2.45, 2.75) is 98.0 Å². The fraction of sp³-hybridized carbons (Fsp3) is 0.792. The van der Waals surface area contributed by atoms with Gasteiger partial charge in [-0.3, -0.25) is 0 Å². The van der Waals surface area contributed by atoms with Crippen LogP contribution < -0.4 is 0 Å². The summed E-state index contributed by atoms with van der Waals surface area (Å²) in [5.41, 5.74) is 2.66. The number of hydrogen-bond donors (Lipinski definition) is 2. The van der Waals surface area contributed by atoms with Crippen LogP contribution in [0.4, 0.5) is 0 Å². The van der Waals surface area contributed by atoms with E-state index in [9.17, 15) is 9.90 Å². The average Bonchev–Trinajstić information content (AvgIpc) is 3.07. The minimum atomic E-state index is -0.169. The summed E-state index contributed by atoms with van der Waals surface area (Å²) >= 11 is 0. The molecule has 0 aromatic carbocycles. The van der Waals surface area contributed by atoms with Crippen LogP contribution in [-0.4, -0.2) is 28.8 Å². The number of carbonyl (C=O) groups excluding carboxylic acids is 1. The van der Waals surface area contributed by atoms with Gasteiger partial charge in [-0.2, -0.15) is 0 Å². The molecule has 0 radical (unpaired) electrons. The number of nitrogens with one attached hydrogen (secondary N) is 1. The van der Waals surface area contributed by atoms with Crippen LogP contribution in [0.3, 0.4) is 0 Å². The van der Waals surface area contributed by atoms with Crippen LogP contribution in [0.2, 0.25) is 0 Å². The van der Waals surface area contributed by atoms with E-state index in [1.54, 1.807) is 0 Å². The number of unbranched alkanes of at least 4 members (excludes halogenated alkanes) is 2. The van der Waals surface area contributed by atoms with E-state index < -0.39 is 0 Å². The van der Waals surface area contributed by atoms with Gasteiger partial charge in [0.05, 0.1) is 5.56 Å². The minimum absolute atomic E-state index is 0.0253. The predicted molar refractivity (Wildman–Crippen MR) is 115 cm³/mol. The molecule has 1 aliphatic carbocycles. The zero-order valence-corrected chi connectivity index (χ0v) is 18.6. The van der Waals surface area contributed by atoms with Gasteiger partial charge in [0, 0.05) is 18.5 Å². The minimum Gasteiger partial charge on any atom is -0.458 e. The Kier molecular flexibility index (Phi) is 9.07. The van der Waals surface area contributed by atoms with Crippen molar-refractivity contribution in [2.24, 2.45) is 17.8 Å². The van der Waals surface area contributed by atoms with Crippen molar-refractivity contribution in [3.63, 3.8) is 0 Å². The second-order valence-corrected chi connectivity index (χ2v) is 9.09. The molecule has 1 aromatic heterocycles. The van der Waals surface area contributed by atoms with Crippen molar-refractivity contribution in [3.8, 4) is 0 Å². The van der Waals surface area contributed by atoms with Crippen LogP contribution in [0, 0.1) is 24.7 Å². The zero-order valence-electron chi connectivity index (χ0n) is 18.6. The molecular formula is C24H41NO3. The molecule has 1 fully saturated rings. The van der Waals surface area contributed by atoms with Gasteiger partial charge in [-0.25, -0.2) is 4.79 Å². The number of aliphatic hydroxyl groups excluding tert-OH is 1. The number of aryl methyl sites for hydroxylation is 1. The smallest absolute Gasteiger partial charge is 0.340 e. The van der Waals surface area contributed by atoms with E-state index in [0.29, 0.717) is 17.8 Å². The lowest BCUT2D eigenvalue weighted by Crippen LogP contribution is -2.41. The number of aromatic amines is 1. The number of carbonyl (C=O) groups is 1. The van der Waals surface area contributed by atoms with E-state index in [2.05, 4.69) is 32.7 Å². The molecule has 160 valence electrons. The lowest BCUT2D eigenvalue weighted by atomic mass is 9.70. The van der Waals surface area contributed by atoms with Gasteiger partial charge in [0.1, 0.15) is 6.10 Å². The molecule has 28 heavy (non-hydrogen) atoms. The monoisotopic (exact) mass is 391 g/mol. The molecule has 1 saturated carbocycles. The van der Waals surface area contributed by atoms with Gasteiger partial charge in [-0.1, -0.05) is 53.4 Å². The van der Waals surface area contributed by atoms with E-state index in [0.717, 1.165) is 68.2 Å². The number of aromatic nitrogens is 1. The summed E-state index contributed by atoms with van der Waals surface area (Å²) < 4.78 is 6.28. The Hall–Kier alpha value is -1.29.